The summed E-state index contributed by atoms with van der Waals surface area (Å²) < 4.78 is 0. The van der Waals surface area contributed by atoms with Gasteiger partial charge >= 0.3 is 0 Å². The topological polar surface area (TPSA) is 70.0 Å². The van der Waals surface area contributed by atoms with Crippen LogP contribution >= 0.6 is 0 Å². The van der Waals surface area contributed by atoms with Gasteiger partial charge in [-0.3, -0.25) is 0 Å². The molecule has 1 aromatic rings. The second-order valence-corrected chi connectivity index (χ2v) is 3.41. The maximum atomic E-state index is 8.96. The molecule has 1 rings (SSSR count). The summed E-state index contributed by atoms with van der Waals surface area (Å²) in [6.45, 7) is 3.78. The van der Waals surface area contributed by atoms with E-state index in [0.29, 0.717) is 5.56 Å². The Morgan fingerprint density at radius 3 is 2.64 bits per heavy atom. The predicted octanol–water partition coefficient (Wildman–Crippen LogP) is 1.17. The summed E-state index contributed by atoms with van der Waals surface area (Å²) in [6.07, 6.45) is 0. The number of nitriles is 1. The number of nitrogens with zero attached hydrogens (tertiary/aromatic N) is 1. The van der Waals surface area contributed by atoms with Gasteiger partial charge in [0.2, 0.25) is 0 Å². The van der Waals surface area contributed by atoms with Crippen LogP contribution in [0, 0.1) is 25.2 Å². The number of hydrogen-bond donors (Lipinski definition) is 2. The van der Waals surface area contributed by atoms with Crippen LogP contribution in [0.2, 0.25) is 0 Å². The smallest absolute Gasteiger partial charge is 0.0991 e. The highest BCUT2D eigenvalue weighted by Gasteiger charge is 2.10. The minimum absolute atomic E-state index is 0.102. The number of aryl methyl sites for hydroxylation is 1. The molecule has 1 aromatic carbocycles. The first-order valence-corrected chi connectivity index (χ1v) is 4.47. The van der Waals surface area contributed by atoms with E-state index >= 15 is 0 Å². The van der Waals surface area contributed by atoms with E-state index in [1.807, 2.05) is 19.9 Å². The Morgan fingerprint density at radius 2 is 2.14 bits per heavy atom. The molecule has 0 aliphatic heterocycles. The van der Waals surface area contributed by atoms with E-state index in [1.54, 1.807) is 6.07 Å². The van der Waals surface area contributed by atoms with E-state index in [-0.39, 0.29) is 6.61 Å². The molecule has 0 fully saturated rings. The molecular weight excluding hydrogens is 176 g/mol. The van der Waals surface area contributed by atoms with Gasteiger partial charge in [-0.25, -0.2) is 0 Å². The lowest BCUT2D eigenvalue weighted by atomic mass is 9.95. The lowest BCUT2D eigenvalue weighted by Crippen LogP contribution is -2.16. The quantitative estimate of drug-likeness (QED) is 0.735. The molecule has 3 N–H and O–H groups in total. The predicted molar refractivity (Wildman–Crippen MR) is 54.6 cm³/mol. The molecule has 0 heterocycles. The van der Waals surface area contributed by atoms with Crippen molar-refractivity contribution in [3.05, 3.63) is 34.4 Å². The zero-order valence-corrected chi connectivity index (χ0v) is 8.41. The molecule has 0 aliphatic rings. The first-order valence-electron chi connectivity index (χ1n) is 4.47. The molecule has 3 heteroatoms. The van der Waals surface area contributed by atoms with Crippen molar-refractivity contribution in [2.75, 3.05) is 6.61 Å². The molecule has 0 spiro atoms. The van der Waals surface area contributed by atoms with Gasteiger partial charge in [-0.05, 0) is 42.7 Å². The van der Waals surface area contributed by atoms with Crippen LogP contribution in [0.4, 0.5) is 0 Å². The van der Waals surface area contributed by atoms with Crippen molar-refractivity contribution in [3.8, 4) is 6.07 Å². The van der Waals surface area contributed by atoms with E-state index in [0.717, 1.165) is 16.7 Å². The van der Waals surface area contributed by atoms with Crippen LogP contribution in [0.1, 0.15) is 28.3 Å². The highest BCUT2D eigenvalue weighted by Crippen LogP contribution is 2.20. The first kappa shape index (κ1) is 10.7. The molecule has 3 nitrogen and oxygen atoms in total. The summed E-state index contributed by atoms with van der Waals surface area (Å²) in [6, 6.07) is 5.24. The maximum Gasteiger partial charge on any atom is 0.0991 e. The summed E-state index contributed by atoms with van der Waals surface area (Å²) in [4.78, 5) is 0. The van der Waals surface area contributed by atoms with Gasteiger partial charge in [0, 0.05) is 0 Å². The third-order valence-corrected chi connectivity index (χ3v) is 2.43. The van der Waals surface area contributed by atoms with Gasteiger partial charge in [0.05, 0.1) is 24.3 Å². The first-order chi connectivity index (χ1) is 6.60. The summed E-state index contributed by atoms with van der Waals surface area (Å²) >= 11 is 0. The van der Waals surface area contributed by atoms with Crippen LogP contribution in [0.3, 0.4) is 0 Å². The van der Waals surface area contributed by atoms with E-state index < -0.39 is 6.04 Å². The van der Waals surface area contributed by atoms with Gasteiger partial charge < -0.3 is 10.8 Å². The van der Waals surface area contributed by atoms with Crippen LogP contribution in [0.25, 0.3) is 0 Å². The molecule has 0 saturated heterocycles. The van der Waals surface area contributed by atoms with Gasteiger partial charge in [0.25, 0.3) is 0 Å². The monoisotopic (exact) mass is 190 g/mol. The lowest BCUT2D eigenvalue weighted by molar-refractivity contribution is 0.267. The van der Waals surface area contributed by atoms with Crippen molar-refractivity contribution >= 4 is 0 Å². The molecule has 0 radical (unpaired) electrons. The van der Waals surface area contributed by atoms with Crippen LogP contribution in [0.15, 0.2) is 12.1 Å². The van der Waals surface area contributed by atoms with Crippen molar-refractivity contribution in [1.82, 2.24) is 0 Å². The van der Waals surface area contributed by atoms with Crippen LogP contribution < -0.4 is 5.73 Å². The molecular formula is C11H14N2O. The average molecular weight is 190 g/mol. The SMILES string of the molecule is Cc1cc(C#N)cc(C(N)CO)c1C. The highest BCUT2D eigenvalue weighted by atomic mass is 16.3. The fourth-order valence-corrected chi connectivity index (χ4v) is 1.43. The number of aliphatic hydroxyl groups excluding tert-OH is 1. The van der Waals surface area contributed by atoms with Gasteiger partial charge in [0.15, 0.2) is 0 Å². The third kappa shape index (κ3) is 1.92. The fourth-order valence-electron chi connectivity index (χ4n) is 1.43. The number of aliphatic hydroxyl groups is 1. The lowest BCUT2D eigenvalue weighted by Gasteiger charge is -2.14. The Kier molecular flexibility index (Phi) is 3.23. The van der Waals surface area contributed by atoms with E-state index in [9.17, 15) is 0 Å². The van der Waals surface area contributed by atoms with Gasteiger partial charge in [-0.1, -0.05) is 0 Å². The Bertz CT molecular complexity index is 380. The average Bonchev–Trinajstić information content (AvgIpc) is 2.20. The molecule has 1 unspecified atom stereocenters. The third-order valence-electron chi connectivity index (χ3n) is 2.43. The minimum atomic E-state index is -0.401. The molecule has 0 saturated carbocycles. The minimum Gasteiger partial charge on any atom is -0.394 e. The normalized spacial score (nSPS) is 12.2. The summed E-state index contributed by atoms with van der Waals surface area (Å²) in [5.41, 5.74) is 9.25. The zero-order chi connectivity index (χ0) is 10.7. The van der Waals surface area contributed by atoms with Crippen LogP contribution in [-0.2, 0) is 0 Å². The van der Waals surface area contributed by atoms with Crippen LogP contribution in [-0.4, -0.2) is 11.7 Å². The molecule has 0 aliphatic carbocycles. The zero-order valence-electron chi connectivity index (χ0n) is 8.41. The molecule has 0 amide bonds. The Labute approximate surface area is 83.8 Å². The van der Waals surface area contributed by atoms with E-state index in [4.69, 9.17) is 16.1 Å². The van der Waals surface area contributed by atoms with Crippen molar-refractivity contribution in [2.24, 2.45) is 5.73 Å². The number of nitrogens with two attached hydrogens (primary N) is 1. The maximum absolute atomic E-state index is 8.96. The summed E-state index contributed by atoms with van der Waals surface area (Å²) in [7, 11) is 0. The number of hydrogen-bond acceptors (Lipinski definition) is 3. The Balaban J connectivity index is 3.28. The molecule has 0 aromatic heterocycles. The van der Waals surface area contributed by atoms with Crippen molar-refractivity contribution in [1.29, 1.82) is 5.26 Å². The number of benzene rings is 1. The Morgan fingerprint density at radius 1 is 1.50 bits per heavy atom. The van der Waals surface area contributed by atoms with Gasteiger partial charge in [0.1, 0.15) is 0 Å². The summed E-state index contributed by atoms with van der Waals surface area (Å²) in [5, 5.41) is 17.7. The van der Waals surface area contributed by atoms with E-state index in [2.05, 4.69) is 6.07 Å². The standard InChI is InChI=1S/C11H14N2O/c1-7-3-9(5-12)4-10(8(7)2)11(13)6-14/h3-4,11,14H,6,13H2,1-2H3. The molecule has 14 heavy (non-hydrogen) atoms. The van der Waals surface area contributed by atoms with Gasteiger partial charge in [-0.15, -0.1) is 0 Å². The van der Waals surface area contributed by atoms with Crippen molar-refractivity contribution in [3.63, 3.8) is 0 Å². The van der Waals surface area contributed by atoms with Crippen LogP contribution in [0.5, 0.6) is 0 Å². The Hall–Kier alpha value is -1.37. The summed E-state index contributed by atoms with van der Waals surface area (Å²) in [5.74, 6) is 0. The molecule has 74 valence electrons. The number of rotatable bonds is 2. The van der Waals surface area contributed by atoms with Gasteiger partial charge in [-0.2, -0.15) is 5.26 Å². The van der Waals surface area contributed by atoms with E-state index in [1.165, 1.54) is 0 Å². The largest absolute Gasteiger partial charge is 0.394 e. The van der Waals surface area contributed by atoms with Crippen molar-refractivity contribution < 1.29 is 5.11 Å². The second-order valence-electron chi connectivity index (χ2n) is 3.41. The molecule has 1 atom stereocenters. The second kappa shape index (κ2) is 4.23. The highest BCUT2D eigenvalue weighted by molar-refractivity contribution is 5.44. The van der Waals surface area contributed by atoms with Crippen molar-refractivity contribution in [2.45, 2.75) is 19.9 Å². The fraction of sp³-hybridized carbons (Fsp3) is 0.364. The molecule has 0 bridgehead atoms.